The third kappa shape index (κ3) is 4.83. The minimum atomic E-state index is -4.86. The molecule has 2 aliphatic heterocycles. The van der Waals surface area contributed by atoms with Crippen molar-refractivity contribution in [3.05, 3.63) is 58.5 Å². The Morgan fingerprint density at radius 3 is 2.71 bits per heavy atom. The number of halogens is 3. The van der Waals surface area contributed by atoms with E-state index >= 15 is 0 Å². The first-order chi connectivity index (χ1) is 14.7. The molecule has 31 heavy (non-hydrogen) atoms. The van der Waals surface area contributed by atoms with Crippen molar-refractivity contribution in [2.24, 2.45) is 0 Å². The summed E-state index contributed by atoms with van der Waals surface area (Å²) in [5.74, 6) is -0.736. The summed E-state index contributed by atoms with van der Waals surface area (Å²) in [5.41, 5.74) is 1.16. The van der Waals surface area contributed by atoms with Gasteiger partial charge in [0.15, 0.2) is 6.61 Å². The molecular formula is C20H13F3N2O4S2. The minimum absolute atomic E-state index is 0.152. The fourth-order valence-corrected chi connectivity index (χ4v) is 4.13. The molecule has 2 aliphatic rings. The predicted octanol–water partition coefficient (Wildman–Crippen LogP) is 4.00. The monoisotopic (exact) mass is 466 g/mol. The lowest BCUT2D eigenvalue weighted by molar-refractivity contribution is -0.274. The van der Waals surface area contributed by atoms with Crippen molar-refractivity contribution in [2.45, 2.75) is 12.9 Å². The van der Waals surface area contributed by atoms with Crippen LogP contribution in [0.2, 0.25) is 0 Å². The average Bonchev–Trinajstić information content (AvgIpc) is 3.01. The molecule has 1 fully saturated rings. The second-order valence-corrected chi connectivity index (χ2v) is 8.22. The standard InChI is InChI=1S/C20H13F3N2O4S2/c21-20(22,23)29-14-4-2-1-3-12(14)9-25-13-7-11(5-6-15(13)28-10-17(25)26)8-16-18(27)24-19(30)31-16/h1-8H,9-10H2,(H,24,27,30). The van der Waals surface area contributed by atoms with Crippen LogP contribution in [0.5, 0.6) is 11.5 Å². The number of hydrogen-bond acceptors (Lipinski definition) is 6. The summed E-state index contributed by atoms with van der Waals surface area (Å²) < 4.78 is 48.1. The maximum absolute atomic E-state index is 12.7. The normalized spacial score (nSPS) is 17.5. The smallest absolute Gasteiger partial charge is 0.482 e. The van der Waals surface area contributed by atoms with Crippen molar-refractivity contribution in [2.75, 3.05) is 11.5 Å². The van der Waals surface area contributed by atoms with Gasteiger partial charge in [0, 0.05) is 5.56 Å². The van der Waals surface area contributed by atoms with Crippen molar-refractivity contribution < 1.29 is 32.2 Å². The van der Waals surface area contributed by atoms with Gasteiger partial charge in [-0.05, 0) is 29.8 Å². The van der Waals surface area contributed by atoms with Crippen LogP contribution in [0, 0.1) is 0 Å². The van der Waals surface area contributed by atoms with Gasteiger partial charge in [-0.2, -0.15) is 0 Å². The van der Waals surface area contributed by atoms with Gasteiger partial charge in [-0.3, -0.25) is 9.59 Å². The number of hydrogen-bond donors (Lipinski definition) is 1. The zero-order valence-electron chi connectivity index (χ0n) is 15.6. The van der Waals surface area contributed by atoms with Crippen molar-refractivity contribution in [3.63, 3.8) is 0 Å². The molecule has 2 amide bonds. The van der Waals surface area contributed by atoms with E-state index in [0.29, 0.717) is 26.2 Å². The van der Waals surface area contributed by atoms with Crippen LogP contribution in [0.1, 0.15) is 11.1 Å². The molecule has 2 aromatic carbocycles. The number of nitrogens with zero attached hydrogens (tertiary/aromatic N) is 1. The Morgan fingerprint density at radius 2 is 2.00 bits per heavy atom. The molecule has 1 N–H and O–H groups in total. The Balaban J connectivity index is 1.67. The molecule has 0 atom stereocenters. The number of thioether (sulfide) groups is 1. The van der Waals surface area contributed by atoms with Gasteiger partial charge in [-0.1, -0.05) is 48.2 Å². The van der Waals surface area contributed by atoms with E-state index in [-0.39, 0.29) is 30.4 Å². The van der Waals surface area contributed by atoms with Gasteiger partial charge in [-0.25, -0.2) is 0 Å². The summed E-state index contributed by atoms with van der Waals surface area (Å²) >= 11 is 6.08. The van der Waals surface area contributed by atoms with E-state index in [1.54, 1.807) is 30.3 Å². The number of benzene rings is 2. The molecule has 2 heterocycles. The Kier molecular flexibility index (Phi) is 5.63. The van der Waals surface area contributed by atoms with Crippen LogP contribution in [0.15, 0.2) is 47.4 Å². The molecule has 0 unspecified atom stereocenters. The Hall–Kier alpha value is -3.05. The van der Waals surface area contributed by atoms with E-state index in [0.717, 1.165) is 11.8 Å². The largest absolute Gasteiger partial charge is 0.573 e. The minimum Gasteiger partial charge on any atom is -0.482 e. The van der Waals surface area contributed by atoms with Crippen LogP contribution in [0.4, 0.5) is 18.9 Å². The Bertz CT molecular complexity index is 1120. The van der Waals surface area contributed by atoms with Crippen LogP contribution >= 0.6 is 24.0 Å². The maximum Gasteiger partial charge on any atom is 0.573 e. The molecule has 0 spiro atoms. The Labute approximate surface area is 184 Å². The van der Waals surface area contributed by atoms with E-state index in [2.05, 4.69) is 10.1 Å². The first-order valence-electron chi connectivity index (χ1n) is 8.85. The highest BCUT2D eigenvalue weighted by molar-refractivity contribution is 8.26. The van der Waals surface area contributed by atoms with Gasteiger partial charge >= 0.3 is 6.36 Å². The van der Waals surface area contributed by atoms with Gasteiger partial charge in [0.25, 0.3) is 11.8 Å². The first kappa shape index (κ1) is 21.2. The highest BCUT2D eigenvalue weighted by atomic mass is 32.2. The first-order valence-corrected chi connectivity index (χ1v) is 10.1. The van der Waals surface area contributed by atoms with Crippen LogP contribution < -0.4 is 19.7 Å². The van der Waals surface area contributed by atoms with Crippen molar-refractivity contribution >= 4 is 51.9 Å². The molecule has 2 aromatic rings. The SMILES string of the molecule is O=C1NC(=S)SC1=Cc1ccc2c(c1)N(Cc1ccccc1OC(F)(F)F)C(=O)CO2. The quantitative estimate of drug-likeness (QED) is 0.543. The third-order valence-corrected chi connectivity index (χ3v) is 5.56. The number of ether oxygens (including phenoxy) is 2. The Morgan fingerprint density at radius 1 is 1.23 bits per heavy atom. The van der Waals surface area contributed by atoms with Gasteiger partial charge in [0.1, 0.15) is 15.8 Å². The lowest BCUT2D eigenvalue weighted by atomic mass is 10.1. The zero-order valence-corrected chi connectivity index (χ0v) is 17.2. The molecule has 0 saturated carbocycles. The number of anilines is 1. The molecular weight excluding hydrogens is 453 g/mol. The number of alkyl halides is 3. The van der Waals surface area contributed by atoms with Crippen LogP contribution in [-0.2, 0) is 16.1 Å². The van der Waals surface area contributed by atoms with Gasteiger partial charge in [-0.15, -0.1) is 13.2 Å². The summed E-state index contributed by atoms with van der Waals surface area (Å²) in [6.07, 6.45) is -3.25. The van der Waals surface area contributed by atoms with Crippen LogP contribution in [-0.4, -0.2) is 29.1 Å². The molecule has 0 radical (unpaired) electrons. The number of amides is 2. The number of nitrogens with one attached hydrogen (secondary N) is 1. The van der Waals surface area contributed by atoms with Crippen LogP contribution in [0.3, 0.4) is 0 Å². The number of thiocarbonyl (C=S) groups is 1. The molecule has 0 bridgehead atoms. The molecule has 1 saturated heterocycles. The topological polar surface area (TPSA) is 67.9 Å². The fraction of sp³-hybridized carbons (Fsp3) is 0.150. The third-order valence-electron chi connectivity index (χ3n) is 4.39. The maximum atomic E-state index is 12.7. The second kappa shape index (κ2) is 8.23. The molecule has 0 aliphatic carbocycles. The van der Waals surface area contributed by atoms with Gasteiger partial charge < -0.3 is 19.7 Å². The highest BCUT2D eigenvalue weighted by Gasteiger charge is 2.33. The molecule has 0 aromatic heterocycles. The molecule has 4 rings (SSSR count). The molecule has 160 valence electrons. The van der Waals surface area contributed by atoms with E-state index < -0.39 is 12.3 Å². The second-order valence-electron chi connectivity index (χ2n) is 6.50. The molecule has 11 heteroatoms. The zero-order chi connectivity index (χ0) is 22.2. The average molecular weight is 466 g/mol. The van der Waals surface area contributed by atoms with Crippen molar-refractivity contribution in [1.82, 2.24) is 5.32 Å². The van der Waals surface area contributed by atoms with E-state index in [1.807, 2.05) is 0 Å². The summed E-state index contributed by atoms with van der Waals surface area (Å²) in [5, 5.41) is 2.51. The fourth-order valence-electron chi connectivity index (χ4n) is 3.08. The van der Waals surface area contributed by atoms with Crippen LogP contribution in [0.25, 0.3) is 6.08 Å². The van der Waals surface area contributed by atoms with E-state index in [1.165, 1.54) is 23.1 Å². The lowest BCUT2D eigenvalue weighted by Crippen LogP contribution is -2.38. The summed E-state index contributed by atoms with van der Waals surface area (Å²) in [4.78, 5) is 26.2. The van der Waals surface area contributed by atoms with E-state index in [4.69, 9.17) is 17.0 Å². The molecule has 6 nitrogen and oxygen atoms in total. The van der Waals surface area contributed by atoms with Gasteiger partial charge in [0.05, 0.1) is 17.1 Å². The number of fused-ring (bicyclic) bond motifs is 1. The van der Waals surface area contributed by atoms with E-state index in [9.17, 15) is 22.8 Å². The number of carbonyl (C=O) groups excluding carboxylic acids is 2. The van der Waals surface area contributed by atoms with Gasteiger partial charge in [0.2, 0.25) is 0 Å². The lowest BCUT2D eigenvalue weighted by Gasteiger charge is -2.30. The summed E-state index contributed by atoms with van der Waals surface area (Å²) in [6, 6.07) is 10.6. The number of rotatable bonds is 4. The predicted molar refractivity (Wildman–Crippen MR) is 113 cm³/mol. The summed E-state index contributed by atoms with van der Waals surface area (Å²) in [6.45, 7) is -0.400. The highest BCUT2D eigenvalue weighted by Crippen LogP contribution is 2.37. The van der Waals surface area contributed by atoms with Crippen molar-refractivity contribution in [1.29, 1.82) is 0 Å². The number of para-hydroxylation sites is 1. The van der Waals surface area contributed by atoms with Crippen molar-refractivity contribution in [3.8, 4) is 11.5 Å². The number of carbonyl (C=O) groups is 2. The summed E-state index contributed by atoms with van der Waals surface area (Å²) in [7, 11) is 0.